The summed E-state index contributed by atoms with van der Waals surface area (Å²) in [4.78, 5) is 2.67. The quantitative estimate of drug-likeness (QED) is 0.629. The first kappa shape index (κ1) is 18.9. The predicted octanol–water partition coefficient (Wildman–Crippen LogP) is 2.53. The van der Waals surface area contributed by atoms with Gasteiger partial charge in [0.25, 0.3) is 0 Å². The van der Waals surface area contributed by atoms with Crippen LogP contribution >= 0.6 is 0 Å². The minimum absolute atomic E-state index is 0.307. The monoisotopic (exact) mass is 300 g/mol. The zero-order chi connectivity index (χ0) is 15.7. The molecule has 1 unspecified atom stereocenters. The summed E-state index contributed by atoms with van der Waals surface area (Å²) in [5.74, 6) is 0.682. The SMILES string of the molecule is CCC1(CC)CNC(C(C)C)CN1CCOCCCOC. The second kappa shape index (κ2) is 9.78. The summed E-state index contributed by atoms with van der Waals surface area (Å²) in [5.41, 5.74) is 0.307. The van der Waals surface area contributed by atoms with Crippen molar-refractivity contribution in [3.8, 4) is 0 Å². The van der Waals surface area contributed by atoms with Gasteiger partial charge in [0.2, 0.25) is 0 Å². The molecule has 0 radical (unpaired) electrons. The van der Waals surface area contributed by atoms with Gasteiger partial charge in [0, 0.05) is 51.5 Å². The summed E-state index contributed by atoms with van der Waals surface area (Å²) >= 11 is 0. The van der Waals surface area contributed by atoms with Gasteiger partial charge < -0.3 is 14.8 Å². The van der Waals surface area contributed by atoms with Crippen molar-refractivity contribution in [1.82, 2.24) is 10.2 Å². The highest BCUT2D eigenvalue weighted by Gasteiger charge is 2.39. The van der Waals surface area contributed by atoms with Crippen molar-refractivity contribution in [1.29, 1.82) is 0 Å². The van der Waals surface area contributed by atoms with Crippen LogP contribution < -0.4 is 5.32 Å². The van der Waals surface area contributed by atoms with Crippen molar-refractivity contribution in [3.63, 3.8) is 0 Å². The first-order valence-electron chi connectivity index (χ1n) is 8.64. The maximum absolute atomic E-state index is 5.77. The van der Waals surface area contributed by atoms with Gasteiger partial charge in [-0.2, -0.15) is 0 Å². The van der Waals surface area contributed by atoms with Crippen molar-refractivity contribution in [2.45, 2.75) is 58.5 Å². The molecule has 1 N–H and O–H groups in total. The van der Waals surface area contributed by atoms with Gasteiger partial charge in [-0.05, 0) is 25.2 Å². The smallest absolute Gasteiger partial charge is 0.0593 e. The topological polar surface area (TPSA) is 33.7 Å². The Kier molecular flexibility index (Phi) is 8.79. The minimum Gasteiger partial charge on any atom is -0.385 e. The maximum atomic E-state index is 5.77. The van der Waals surface area contributed by atoms with Crippen LogP contribution in [-0.4, -0.2) is 63.0 Å². The average molecular weight is 300 g/mol. The molecule has 1 saturated heterocycles. The van der Waals surface area contributed by atoms with E-state index in [9.17, 15) is 0 Å². The van der Waals surface area contributed by atoms with Crippen molar-refractivity contribution in [3.05, 3.63) is 0 Å². The molecule has 1 aliphatic rings. The molecule has 4 nitrogen and oxygen atoms in total. The van der Waals surface area contributed by atoms with E-state index in [1.54, 1.807) is 7.11 Å². The van der Waals surface area contributed by atoms with Crippen LogP contribution in [-0.2, 0) is 9.47 Å². The number of rotatable bonds is 10. The molecule has 0 bridgehead atoms. The van der Waals surface area contributed by atoms with Gasteiger partial charge >= 0.3 is 0 Å². The zero-order valence-corrected chi connectivity index (χ0v) is 14.8. The first-order valence-corrected chi connectivity index (χ1v) is 8.64. The number of methoxy groups -OCH3 is 1. The van der Waals surface area contributed by atoms with Crippen LogP contribution in [0, 0.1) is 5.92 Å². The normalized spacial score (nSPS) is 22.9. The lowest BCUT2D eigenvalue weighted by atomic mass is 9.85. The van der Waals surface area contributed by atoms with Gasteiger partial charge in [0.05, 0.1) is 6.61 Å². The van der Waals surface area contributed by atoms with Crippen molar-refractivity contribution < 1.29 is 9.47 Å². The number of hydrogen-bond donors (Lipinski definition) is 1. The lowest BCUT2D eigenvalue weighted by molar-refractivity contribution is -0.00387. The summed E-state index contributed by atoms with van der Waals surface area (Å²) < 4.78 is 10.8. The number of hydrogen-bond acceptors (Lipinski definition) is 4. The molecule has 4 heteroatoms. The third-order valence-corrected chi connectivity index (χ3v) is 5.04. The second-order valence-electron chi connectivity index (χ2n) is 6.57. The molecule has 1 atom stereocenters. The third-order valence-electron chi connectivity index (χ3n) is 5.04. The molecule has 0 aromatic heterocycles. The van der Waals surface area contributed by atoms with Crippen LogP contribution in [0.4, 0.5) is 0 Å². The van der Waals surface area contributed by atoms with E-state index in [1.807, 2.05) is 0 Å². The number of ether oxygens (including phenoxy) is 2. The van der Waals surface area contributed by atoms with Crippen LogP contribution in [0.2, 0.25) is 0 Å². The Bertz CT molecular complexity index is 268. The van der Waals surface area contributed by atoms with Crippen LogP contribution in [0.3, 0.4) is 0 Å². The fourth-order valence-electron chi connectivity index (χ4n) is 3.23. The second-order valence-corrected chi connectivity index (χ2v) is 6.57. The Morgan fingerprint density at radius 3 is 2.48 bits per heavy atom. The Hall–Kier alpha value is -0.160. The van der Waals surface area contributed by atoms with E-state index in [-0.39, 0.29) is 0 Å². The molecule has 1 heterocycles. The molecule has 0 spiro atoms. The van der Waals surface area contributed by atoms with Crippen LogP contribution in [0.1, 0.15) is 47.0 Å². The first-order chi connectivity index (χ1) is 10.1. The fraction of sp³-hybridized carbons (Fsp3) is 1.00. The van der Waals surface area contributed by atoms with Crippen LogP contribution in [0.25, 0.3) is 0 Å². The standard InChI is InChI=1S/C17H36N2O2/c1-6-17(7-2)14-18-16(15(3)4)13-19(17)9-12-21-11-8-10-20-5/h15-16,18H,6-14H2,1-5H3. The minimum atomic E-state index is 0.307. The van der Waals surface area contributed by atoms with Crippen LogP contribution in [0.15, 0.2) is 0 Å². The zero-order valence-electron chi connectivity index (χ0n) is 14.8. The summed E-state index contributed by atoms with van der Waals surface area (Å²) in [6.45, 7) is 14.9. The van der Waals surface area contributed by atoms with Gasteiger partial charge in [-0.15, -0.1) is 0 Å². The third kappa shape index (κ3) is 5.51. The van der Waals surface area contributed by atoms with E-state index in [1.165, 1.54) is 12.8 Å². The molecule has 0 saturated carbocycles. The molecule has 0 amide bonds. The highest BCUT2D eigenvalue weighted by atomic mass is 16.5. The van der Waals surface area contributed by atoms with E-state index >= 15 is 0 Å². The molecule has 1 rings (SSSR count). The summed E-state index contributed by atoms with van der Waals surface area (Å²) in [6, 6.07) is 0.602. The molecular weight excluding hydrogens is 264 g/mol. The van der Waals surface area contributed by atoms with E-state index in [4.69, 9.17) is 9.47 Å². The fourth-order valence-corrected chi connectivity index (χ4v) is 3.23. The van der Waals surface area contributed by atoms with Crippen molar-refractivity contribution in [2.24, 2.45) is 5.92 Å². The van der Waals surface area contributed by atoms with Crippen molar-refractivity contribution >= 4 is 0 Å². The molecule has 21 heavy (non-hydrogen) atoms. The Labute approximate surface area is 131 Å². The predicted molar refractivity (Wildman–Crippen MR) is 88.8 cm³/mol. The van der Waals surface area contributed by atoms with E-state index < -0.39 is 0 Å². The van der Waals surface area contributed by atoms with Crippen molar-refractivity contribution in [2.75, 3.05) is 46.6 Å². The summed E-state index contributed by atoms with van der Waals surface area (Å²) in [7, 11) is 1.74. The highest BCUT2D eigenvalue weighted by molar-refractivity contribution is 4.98. The summed E-state index contributed by atoms with van der Waals surface area (Å²) in [5, 5.41) is 3.76. The molecule has 126 valence electrons. The molecule has 0 aliphatic carbocycles. The molecular formula is C17H36N2O2. The molecule has 1 fully saturated rings. The van der Waals surface area contributed by atoms with Gasteiger partial charge in [-0.1, -0.05) is 27.7 Å². The van der Waals surface area contributed by atoms with Gasteiger partial charge in [-0.3, -0.25) is 4.90 Å². The Balaban J connectivity index is 2.46. The van der Waals surface area contributed by atoms with E-state index in [0.717, 1.165) is 45.9 Å². The van der Waals surface area contributed by atoms with Crippen LogP contribution in [0.5, 0.6) is 0 Å². The maximum Gasteiger partial charge on any atom is 0.0593 e. The lowest BCUT2D eigenvalue weighted by Gasteiger charge is -2.50. The Morgan fingerprint density at radius 1 is 1.19 bits per heavy atom. The summed E-state index contributed by atoms with van der Waals surface area (Å²) in [6.07, 6.45) is 3.38. The molecule has 1 aliphatic heterocycles. The van der Waals surface area contributed by atoms with Gasteiger partial charge in [0.1, 0.15) is 0 Å². The highest BCUT2D eigenvalue weighted by Crippen LogP contribution is 2.28. The van der Waals surface area contributed by atoms with E-state index in [2.05, 4.69) is 37.9 Å². The van der Waals surface area contributed by atoms with E-state index in [0.29, 0.717) is 17.5 Å². The number of nitrogens with zero attached hydrogens (tertiary/aromatic N) is 1. The molecule has 0 aromatic carbocycles. The molecule has 0 aromatic rings. The number of piperazine rings is 1. The van der Waals surface area contributed by atoms with Gasteiger partial charge in [-0.25, -0.2) is 0 Å². The lowest BCUT2D eigenvalue weighted by Crippen LogP contribution is -2.65. The number of nitrogens with one attached hydrogen (secondary N) is 1. The average Bonchev–Trinajstić information content (AvgIpc) is 2.50. The largest absolute Gasteiger partial charge is 0.385 e. The van der Waals surface area contributed by atoms with Gasteiger partial charge in [0.15, 0.2) is 0 Å². The Morgan fingerprint density at radius 2 is 1.90 bits per heavy atom.